The average molecular weight is 921 g/mol. The molecule has 1 aliphatic rings. The SMILES string of the molecule is CC(=O)N[C@@H](CS)C(=O)NCC(=O)N[C@@H](CS)C(=O)N[C@@H](CCC(=O)O)C(=O)NCC(=O)NCCOc1ccc(-c2cnccc2C(=O)NCC(=O)N2CC(F)(F)C[C@H]2C#N)cc1. The number of aliphatic carboxylic acids is 1. The van der Waals surface area contributed by atoms with Gasteiger partial charge in [0, 0.05) is 49.2 Å². The number of aromatic nitrogens is 1. The van der Waals surface area contributed by atoms with Gasteiger partial charge < -0.3 is 52.0 Å². The van der Waals surface area contributed by atoms with Crippen LogP contribution in [0.15, 0.2) is 42.7 Å². The van der Waals surface area contributed by atoms with Crippen molar-refractivity contribution in [3.63, 3.8) is 0 Å². The third-order valence-electron chi connectivity index (χ3n) is 8.90. The monoisotopic (exact) mass is 920 g/mol. The molecule has 63 heavy (non-hydrogen) atoms. The minimum absolute atomic E-state index is 0.0161. The molecular weight excluding hydrogens is 875 g/mol. The lowest BCUT2D eigenvalue weighted by molar-refractivity contribution is -0.138. The molecule has 1 saturated heterocycles. The van der Waals surface area contributed by atoms with Crippen LogP contribution in [0.3, 0.4) is 0 Å². The molecule has 2 heterocycles. The van der Waals surface area contributed by atoms with E-state index in [-0.39, 0.29) is 36.6 Å². The summed E-state index contributed by atoms with van der Waals surface area (Å²) in [5.74, 6) is -10.4. The van der Waals surface area contributed by atoms with Gasteiger partial charge in [-0.25, -0.2) is 8.78 Å². The summed E-state index contributed by atoms with van der Waals surface area (Å²) < 4.78 is 33.2. The van der Waals surface area contributed by atoms with Crippen LogP contribution in [0.25, 0.3) is 11.1 Å². The Morgan fingerprint density at radius 3 is 2.13 bits per heavy atom. The molecule has 1 aromatic heterocycles. The number of rotatable bonds is 23. The van der Waals surface area contributed by atoms with Gasteiger partial charge in [-0.3, -0.25) is 48.1 Å². The van der Waals surface area contributed by atoms with E-state index >= 15 is 0 Å². The van der Waals surface area contributed by atoms with E-state index < -0.39 is 122 Å². The molecule has 0 radical (unpaired) electrons. The van der Waals surface area contributed by atoms with Crippen molar-refractivity contribution in [2.24, 2.45) is 0 Å². The van der Waals surface area contributed by atoms with E-state index in [0.29, 0.717) is 16.9 Å². The highest BCUT2D eigenvalue weighted by atomic mass is 32.1. The quantitative estimate of drug-likeness (QED) is 0.0434. The summed E-state index contributed by atoms with van der Waals surface area (Å²) in [6.45, 7) is -1.51. The highest BCUT2D eigenvalue weighted by molar-refractivity contribution is 7.80. The van der Waals surface area contributed by atoms with Crippen molar-refractivity contribution in [3.05, 3.63) is 48.3 Å². The van der Waals surface area contributed by atoms with Crippen LogP contribution in [-0.4, -0.2) is 149 Å². The number of thiol groups is 2. The molecule has 0 unspecified atom stereocenters. The van der Waals surface area contributed by atoms with Crippen molar-refractivity contribution >= 4 is 78.5 Å². The van der Waals surface area contributed by atoms with Gasteiger partial charge in [-0.15, -0.1) is 0 Å². The number of pyridine rings is 1. The number of carbonyl (C=O) groups is 9. The number of carboxylic acid groups (broad SMARTS) is 1. The fourth-order valence-electron chi connectivity index (χ4n) is 5.79. The van der Waals surface area contributed by atoms with E-state index in [0.717, 1.165) is 4.90 Å². The molecule has 1 fully saturated rings. The fourth-order valence-corrected chi connectivity index (χ4v) is 6.31. The largest absolute Gasteiger partial charge is 0.492 e. The van der Waals surface area contributed by atoms with Gasteiger partial charge in [0.25, 0.3) is 11.8 Å². The summed E-state index contributed by atoms with van der Waals surface area (Å²) in [6.07, 6.45) is 1.09. The third kappa shape index (κ3) is 16.7. The molecule has 2 aromatic rings. The molecule has 0 saturated carbocycles. The fraction of sp³-hybridized carbons (Fsp3) is 0.447. The van der Waals surface area contributed by atoms with Crippen LogP contribution in [0.1, 0.15) is 36.5 Å². The molecule has 0 aliphatic carbocycles. The number of likely N-dealkylation sites (tertiary alicyclic amines) is 1. The van der Waals surface area contributed by atoms with E-state index in [4.69, 9.17) is 15.1 Å². The molecule has 1 aromatic carbocycles. The van der Waals surface area contributed by atoms with Crippen LogP contribution < -0.4 is 42.0 Å². The number of nitrogens with zero attached hydrogens (tertiary/aromatic N) is 3. The summed E-state index contributed by atoms with van der Waals surface area (Å²) in [4.78, 5) is 116. The number of hydrogen-bond acceptors (Lipinski definition) is 14. The van der Waals surface area contributed by atoms with Gasteiger partial charge in [-0.1, -0.05) is 12.1 Å². The van der Waals surface area contributed by atoms with Crippen molar-refractivity contribution in [2.75, 3.05) is 50.8 Å². The van der Waals surface area contributed by atoms with Crippen molar-refractivity contribution in [1.29, 1.82) is 5.26 Å². The molecule has 25 heteroatoms. The first-order valence-electron chi connectivity index (χ1n) is 19.0. The Kier molecular flexibility index (Phi) is 20.0. The Balaban J connectivity index is 1.46. The summed E-state index contributed by atoms with van der Waals surface area (Å²) in [6, 6.07) is 4.41. The van der Waals surface area contributed by atoms with Crippen molar-refractivity contribution in [2.45, 2.75) is 56.3 Å². The Bertz CT molecular complexity index is 2060. The lowest BCUT2D eigenvalue weighted by Crippen LogP contribution is -2.56. The first-order valence-corrected chi connectivity index (χ1v) is 20.3. The lowest BCUT2D eigenvalue weighted by Gasteiger charge is -2.22. The zero-order valence-electron chi connectivity index (χ0n) is 33.7. The second-order valence-electron chi connectivity index (χ2n) is 13.7. The number of benzene rings is 1. The Morgan fingerprint density at radius 1 is 0.873 bits per heavy atom. The normalized spacial score (nSPS) is 15.2. The Labute approximate surface area is 370 Å². The highest BCUT2D eigenvalue weighted by Crippen LogP contribution is 2.31. The van der Waals surface area contributed by atoms with Crippen molar-refractivity contribution in [1.82, 2.24) is 47.1 Å². The van der Waals surface area contributed by atoms with Gasteiger partial charge in [0.1, 0.15) is 36.5 Å². The number of nitrogens with one attached hydrogen (secondary N) is 7. The molecule has 340 valence electrons. The van der Waals surface area contributed by atoms with E-state index in [2.05, 4.69) is 67.5 Å². The van der Waals surface area contributed by atoms with Gasteiger partial charge in [0.15, 0.2) is 0 Å². The Hall–Kier alpha value is -6.55. The zero-order chi connectivity index (χ0) is 46.7. The topological polar surface area (TPSA) is 307 Å². The van der Waals surface area contributed by atoms with Crippen molar-refractivity contribution in [3.8, 4) is 22.9 Å². The first kappa shape index (κ1) is 50.8. The highest BCUT2D eigenvalue weighted by Gasteiger charge is 2.47. The Morgan fingerprint density at radius 2 is 1.51 bits per heavy atom. The predicted octanol–water partition coefficient (Wildman–Crippen LogP) is -1.84. The first-order chi connectivity index (χ1) is 29.9. The molecule has 1 aliphatic heterocycles. The van der Waals surface area contributed by atoms with E-state index in [9.17, 15) is 51.9 Å². The maximum atomic E-state index is 13.8. The summed E-state index contributed by atoms with van der Waals surface area (Å²) in [5.41, 5.74) is 1.05. The van der Waals surface area contributed by atoms with Gasteiger partial charge >= 0.3 is 5.97 Å². The van der Waals surface area contributed by atoms with Crippen molar-refractivity contribution < 1.29 is 61.8 Å². The molecule has 3 rings (SSSR count). The average Bonchev–Trinajstić information content (AvgIpc) is 3.59. The van der Waals surface area contributed by atoms with Crippen LogP contribution in [-0.2, 0) is 38.4 Å². The maximum Gasteiger partial charge on any atom is 0.303 e. The number of amides is 8. The number of hydrogen-bond donors (Lipinski definition) is 10. The van der Waals surface area contributed by atoms with Gasteiger partial charge in [0.2, 0.25) is 41.4 Å². The molecule has 21 nitrogen and oxygen atoms in total. The minimum atomic E-state index is -3.20. The molecule has 0 bridgehead atoms. The number of nitriles is 1. The van der Waals surface area contributed by atoms with Gasteiger partial charge in [-0.2, -0.15) is 30.5 Å². The number of carbonyl (C=O) groups excluding carboxylic acids is 8. The maximum absolute atomic E-state index is 13.8. The van der Waals surface area contributed by atoms with E-state index in [1.54, 1.807) is 30.3 Å². The number of carboxylic acids is 1. The second-order valence-corrected chi connectivity index (χ2v) is 14.5. The summed E-state index contributed by atoms with van der Waals surface area (Å²) >= 11 is 8.03. The van der Waals surface area contributed by atoms with Gasteiger partial charge in [-0.05, 0) is 30.2 Å². The van der Waals surface area contributed by atoms with Crippen LogP contribution in [0.5, 0.6) is 5.75 Å². The number of alkyl halides is 2. The summed E-state index contributed by atoms with van der Waals surface area (Å²) in [5, 5.41) is 34.9. The second kappa shape index (κ2) is 24.8. The molecule has 8 N–H and O–H groups in total. The lowest BCUT2D eigenvalue weighted by atomic mass is 10.0. The van der Waals surface area contributed by atoms with Crippen LogP contribution in [0.4, 0.5) is 8.78 Å². The smallest absolute Gasteiger partial charge is 0.303 e. The predicted molar refractivity (Wildman–Crippen MR) is 223 cm³/mol. The summed E-state index contributed by atoms with van der Waals surface area (Å²) in [7, 11) is 0. The van der Waals surface area contributed by atoms with Crippen LogP contribution in [0, 0.1) is 11.3 Å². The number of halogens is 2. The molecule has 4 atom stereocenters. The molecule has 8 amide bonds. The number of ether oxygens (including phenoxy) is 1. The zero-order valence-corrected chi connectivity index (χ0v) is 35.4. The van der Waals surface area contributed by atoms with E-state index in [1.165, 1.54) is 25.4 Å². The van der Waals surface area contributed by atoms with Crippen LogP contribution >= 0.6 is 25.3 Å². The molecular formula is C38H46F2N10O11S2. The third-order valence-corrected chi connectivity index (χ3v) is 9.63. The van der Waals surface area contributed by atoms with E-state index in [1.807, 2.05) is 0 Å². The van der Waals surface area contributed by atoms with Gasteiger partial charge in [0.05, 0.1) is 44.4 Å². The standard InChI is InChI=1S/C38H46F2N10O11S2/c1-21(51)47-28(18-62)36(59)45-16-31(53)48-29(19-63)37(60)49-27(6-7-33(55)56)35(58)44-15-30(52)43-10-11-61-24-4-2-22(3-5-24)26-14-42-9-8-25(26)34(57)46-17-32(54)50-20-38(39,40)12-23(50)13-41/h2-5,8-9,14,23,27-29,62-63H,6-7,10-12,15-20H2,1H3,(H,43,52)(H,44,58)(H,45,59)(H,46,57)(H,47,51)(H,48,53)(H,49,60)(H,55,56)/t23-,27-,28-,29-/m0/s1. The van der Waals surface area contributed by atoms with Crippen LogP contribution in [0.2, 0.25) is 0 Å². The minimum Gasteiger partial charge on any atom is -0.492 e. The molecule has 0 spiro atoms.